The molecule has 0 aromatic heterocycles. The molecule has 1 aliphatic carbocycles. The second kappa shape index (κ2) is 6.85. The van der Waals surface area contributed by atoms with Crippen LogP contribution in [0.5, 0.6) is 0 Å². The number of carboxylic acids is 1. The molecule has 1 aliphatic rings. The highest BCUT2D eigenvalue weighted by atomic mass is 35.5. The SMILES string of the molecule is O=C(O)C1CCC(CNCC=CCl)CC1. The molecule has 86 valence electrons. The van der Waals surface area contributed by atoms with Crippen LogP contribution < -0.4 is 5.32 Å². The van der Waals surface area contributed by atoms with E-state index in [1.165, 1.54) is 5.54 Å². The molecule has 0 atom stereocenters. The van der Waals surface area contributed by atoms with Crippen LogP contribution in [0.4, 0.5) is 0 Å². The van der Waals surface area contributed by atoms with Crippen molar-refractivity contribution in [3.63, 3.8) is 0 Å². The number of hydrogen-bond acceptors (Lipinski definition) is 2. The summed E-state index contributed by atoms with van der Waals surface area (Å²) in [6, 6.07) is 0. The van der Waals surface area contributed by atoms with Gasteiger partial charge in [-0.1, -0.05) is 17.7 Å². The Morgan fingerprint density at radius 2 is 2.07 bits per heavy atom. The van der Waals surface area contributed by atoms with Crippen molar-refractivity contribution in [1.29, 1.82) is 0 Å². The van der Waals surface area contributed by atoms with Gasteiger partial charge in [-0.2, -0.15) is 0 Å². The minimum Gasteiger partial charge on any atom is -0.481 e. The number of carboxylic acid groups (broad SMARTS) is 1. The van der Waals surface area contributed by atoms with Crippen LogP contribution in [0.2, 0.25) is 0 Å². The summed E-state index contributed by atoms with van der Waals surface area (Å²) in [5.74, 6) is -0.111. The average molecular weight is 232 g/mol. The number of carbonyl (C=O) groups is 1. The molecule has 0 saturated heterocycles. The number of aliphatic carboxylic acids is 1. The Morgan fingerprint density at radius 3 is 2.60 bits per heavy atom. The van der Waals surface area contributed by atoms with E-state index in [4.69, 9.17) is 16.7 Å². The quantitative estimate of drug-likeness (QED) is 0.714. The van der Waals surface area contributed by atoms with E-state index in [1.54, 1.807) is 0 Å². The summed E-state index contributed by atoms with van der Waals surface area (Å²) in [6.45, 7) is 1.76. The van der Waals surface area contributed by atoms with Crippen molar-refractivity contribution in [2.45, 2.75) is 25.7 Å². The molecular formula is C11H18ClNO2. The molecule has 1 saturated carbocycles. The fourth-order valence-electron chi connectivity index (χ4n) is 2.03. The zero-order valence-electron chi connectivity index (χ0n) is 8.79. The van der Waals surface area contributed by atoms with Crippen molar-refractivity contribution in [3.05, 3.63) is 11.6 Å². The van der Waals surface area contributed by atoms with E-state index in [9.17, 15) is 4.79 Å². The van der Waals surface area contributed by atoms with Crippen LogP contribution in [-0.4, -0.2) is 24.2 Å². The summed E-state index contributed by atoms with van der Waals surface area (Å²) < 4.78 is 0. The third kappa shape index (κ3) is 4.67. The van der Waals surface area contributed by atoms with Crippen LogP contribution in [0.3, 0.4) is 0 Å². The Bertz CT molecular complexity index is 223. The van der Waals surface area contributed by atoms with Crippen molar-refractivity contribution < 1.29 is 9.90 Å². The van der Waals surface area contributed by atoms with Gasteiger partial charge >= 0.3 is 5.97 Å². The average Bonchev–Trinajstić information content (AvgIpc) is 2.25. The lowest BCUT2D eigenvalue weighted by Gasteiger charge is -2.26. The number of hydrogen-bond donors (Lipinski definition) is 2. The lowest BCUT2D eigenvalue weighted by Crippen LogP contribution is -2.28. The van der Waals surface area contributed by atoms with Gasteiger partial charge in [-0.15, -0.1) is 0 Å². The number of halogens is 1. The molecule has 0 amide bonds. The highest BCUT2D eigenvalue weighted by Crippen LogP contribution is 2.28. The monoisotopic (exact) mass is 231 g/mol. The smallest absolute Gasteiger partial charge is 0.306 e. The topological polar surface area (TPSA) is 49.3 Å². The normalized spacial score (nSPS) is 27.0. The van der Waals surface area contributed by atoms with Gasteiger partial charge in [0.15, 0.2) is 0 Å². The molecular weight excluding hydrogens is 214 g/mol. The van der Waals surface area contributed by atoms with E-state index < -0.39 is 5.97 Å². The highest BCUT2D eigenvalue weighted by molar-refractivity contribution is 6.25. The minimum atomic E-state index is -0.633. The lowest BCUT2D eigenvalue weighted by atomic mass is 9.82. The molecule has 4 heteroatoms. The van der Waals surface area contributed by atoms with Gasteiger partial charge in [0.05, 0.1) is 5.92 Å². The predicted molar refractivity (Wildman–Crippen MR) is 60.9 cm³/mol. The maximum Gasteiger partial charge on any atom is 0.306 e. The zero-order chi connectivity index (χ0) is 11.1. The summed E-state index contributed by atoms with van der Waals surface area (Å²) in [5.41, 5.74) is 1.51. The first-order valence-corrected chi connectivity index (χ1v) is 5.86. The van der Waals surface area contributed by atoms with Gasteiger partial charge in [0.1, 0.15) is 0 Å². The first-order chi connectivity index (χ1) is 7.24. The summed E-state index contributed by atoms with van der Waals surface area (Å²) in [5, 5.41) is 12.1. The third-order valence-corrected chi connectivity index (χ3v) is 3.16. The molecule has 0 aromatic carbocycles. The van der Waals surface area contributed by atoms with E-state index >= 15 is 0 Å². The molecule has 15 heavy (non-hydrogen) atoms. The molecule has 0 radical (unpaired) electrons. The van der Waals surface area contributed by atoms with Crippen LogP contribution in [-0.2, 0) is 4.79 Å². The molecule has 0 aliphatic heterocycles. The van der Waals surface area contributed by atoms with E-state index in [-0.39, 0.29) is 5.92 Å². The maximum atomic E-state index is 10.7. The minimum absolute atomic E-state index is 0.107. The molecule has 0 spiro atoms. The van der Waals surface area contributed by atoms with Gasteiger partial charge in [-0.3, -0.25) is 4.79 Å². The van der Waals surface area contributed by atoms with Gasteiger partial charge in [0, 0.05) is 12.1 Å². The van der Waals surface area contributed by atoms with Crippen LogP contribution in [0.15, 0.2) is 11.6 Å². The van der Waals surface area contributed by atoms with Gasteiger partial charge in [-0.25, -0.2) is 0 Å². The third-order valence-electron chi connectivity index (χ3n) is 2.98. The Hall–Kier alpha value is -0.540. The first-order valence-electron chi connectivity index (χ1n) is 5.42. The summed E-state index contributed by atoms with van der Waals surface area (Å²) >= 11 is 5.39. The lowest BCUT2D eigenvalue weighted by molar-refractivity contribution is -0.143. The van der Waals surface area contributed by atoms with E-state index in [2.05, 4.69) is 5.32 Å². The fraction of sp³-hybridized carbons (Fsp3) is 0.727. The maximum absolute atomic E-state index is 10.7. The van der Waals surface area contributed by atoms with E-state index in [0.29, 0.717) is 5.92 Å². The second-order valence-corrected chi connectivity index (χ2v) is 4.33. The predicted octanol–water partition coefficient (Wildman–Crippen LogP) is 2.22. The van der Waals surface area contributed by atoms with Crippen molar-refractivity contribution in [3.8, 4) is 0 Å². The summed E-state index contributed by atoms with van der Waals surface area (Å²) in [4.78, 5) is 10.7. The Kier molecular flexibility index (Phi) is 5.73. The van der Waals surface area contributed by atoms with Crippen LogP contribution in [0.1, 0.15) is 25.7 Å². The van der Waals surface area contributed by atoms with Crippen LogP contribution in [0, 0.1) is 11.8 Å². The largest absolute Gasteiger partial charge is 0.481 e. The molecule has 0 unspecified atom stereocenters. The van der Waals surface area contributed by atoms with E-state index in [0.717, 1.165) is 38.8 Å². The molecule has 0 bridgehead atoms. The summed E-state index contributed by atoms with van der Waals surface area (Å²) in [7, 11) is 0. The van der Waals surface area contributed by atoms with Crippen molar-refractivity contribution in [1.82, 2.24) is 5.32 Å². The van der Waals surface area contributed by atoms with Crippen molar-refractivity contribution in [2.75, 3.05) is 13.1 Å². The van der Waals surface area contributed by atoms with Crippen LogP contribution in [0.25, 0.3) is 0 Å². The molecule has 1 rings (SSSR count). The second-order valence-electron chi connectivity index (χ2n) is 4.08. The van der Waals surface area contributed by atoms with Crippen LogP contribution >= 0.6 is 11.6 Å². The Balaban J connectivity index is 2.12. The molecule has 3 nitrogen and oxygen atoms in total. The van der Waals surface area contributed by atoms with Gasteiger partial charge < -0.3 is 10.4 Å². The highest BCUT2D eigenvalue weighted by Gasteiger charge is 2.25. The first kappa shape index (κ1) is 12.5. The zero-order valence-corrected chi connectivity index (χ0v) is 9.54. The molecule has 0 aromatic rings. The molecule has 0 heterocycles. The standard InChI is InChI=1S/C11H18ClNO2/c12-6-1-7-13-8-9-2-4-10(5-3-9)11(14)15/h1,6,9-10,13H,2-5,7-8H2,(H,14,15). The summed E-state index contributed by atoms with van der Waals surface area (Å²) in [6.07, 6.45) is 5.56. The van der Waals surface area contributed by atoms with Gasteiger partial charge in [-0.05, 0) is 38.1 Å². The van der Waals surface area contributed by atoms with E-state index in [1.807, 2.05) is 6.08 Å². The molecule has 1 fully saturated rings. The van der Waals surface area contributed by atoms with Gasteiger partial charge in [0.2, 0.25) is 0 Å². The number of nitrogens with one attached hydrogen (secondary N) is 1. The van der Waals surface area contributed by atoms with Crippen molar-refractivity contribution >= 4 is 17.6 Å². The van der Waals surface area contributed by atoms with Gasteiger partial charge in [0.25, 0.3) is 0 Å². The fourth-order valence-corrected chi connectivity index (χ4v) is 2.12. The van der Waals surface area contributed by atoms with Crippen molar-refractivity contribution in [2.24, 2.45) is 11.8 Å². The Morgan fingerprint density at radius 1 is 1.40 bits per heavy atom. The molecule has 2 N–H and O–H groups in total. The Labute approximate surface area is 95.5 Å². The number of rotatable bonds is 5.